The quantitative estimate of drug-likeness (QED) is 0.712. The number of rotatable bonds is 2. The van der Waals surface area contributed by atoms with Gasteiger partial charge in [0.1, 0.15) is 17.7 Å². The molecule has 0 radical (unpaired) electrons. The third-order valence-corrected chi connectivity index (χ3v) is 5.73. The number of ether oxygens (including phenoxy) is 1. The zero-order chi connectivity index (χ0) is 17.7. The number of nitrogens with zero attached hydrogens (tertiary/aromatic N) is 5. The Morgan fingerprint density at radius 1 is 1.23 bits per heavy atom. The fraction of sp³-hybridized carbons (Fsp3) is 0.450. The van der Waals surface area contributed by atoms with E-state index in [4.69, 9.17) is 14.7 Å². The number of aromatic nitrogens is 4. The second-order valence-electron chi connectivity index (χ2n) is 7.33. The lowest BCUT2D eigenvalue weighted by Gasteiger charge is -2.31. The van der Waals surface area contributed by atoms with E-state index in [0.29, 0.717) is 5.92 Å². The molecule has 2 aliphatic rings. The summed E-state index contributed by atoms with van der Waals surface area (Å²) in [6.07, 6.45) is 3.71. The number of imidazole rings is 1. The first-order valence-electron chi connectivity index (χ1n) is 9.32. The van der Waals surface area contributed by atoms with Crippen molar-refractivity contribution in [2.24, 2.45) is 0 Å². The zero-order valence-electron chi connectivity index (χ0n) is 15.3. The van der Waals surface area contributed by atoms with Crippen LogP contribution in [0.5, 0.6) is 0 Å². The minimum atomic E-state index is 0.335. The van der Waals surface area contributed by atoms with Crippen LogP contribution in [0.25, 0.3) is 5.52 Å². The lowest BCUT2D eigenvalue weighted by atomic mass is 9.95. The molecule has 1 atom stereocenters. The average Bonchev–Trinajstić information content (AvgIpc) is 3.30. The van der Waals surface area contributed by atoms with Crippen LogP contribution >= 0.6 is 0 Å². The molecule has 1 aromatic carbocycles. The standard InChI is InChI=1S/C20H23N5O/c1-13-4-3-5-15-6-8-24(10-17(13)15)20-19-18(16-7-9-26-11-16)23-14(2)25(19)22-12-21-20/h3-5,12,16H,6-11H2,1-2H3. The van der Waals surface area contributed by atoms with Crippen molar-refractivity contribution in [3.05, 3.63) is 52.7 Å². The number of hydrogen-bond acceptors (Lipinski definition) is 5. The van der Waals surface area contributed by atoms with Gasteiger partial charge < -0.3 is 9.64 Å². The zero-order valence-corrected chi connectivity index (χ0v) is 15.3. The summed E-state index contributed by atoms with van der Waals surface area (Å²) in [6, 6.07) is 6.60. The molecule has 3 aromatic rings. The van der Waals surface area contributed by atoms with Crippen LogP contribution in [-0.4, -0.2) is 39.3 Å². The Bertz CT molecular complexity index is 974. The third-order valence-electron chi connectivity index (χ3n) is 5.73. The molecule has 1 unspecified atom stereocenters. The summed E-state index contributed by atoms with van der Waals surface area (Å²) in [5.41, 5.74) is 6.38. The van der Waals surface area contributed by atoms with Crippen molar-refractivity contribution >= 4 is 11.3 Å². The molecule has 134 valence electrons. The van der Waals surface area contributed by atoms with Gasteiger partial charge in [0.05, 0.1) is 12.3 Å². The van der Waals surface area contributed by atoms with Crippen LogP contribution in [0.1, 0.15) is 40.5 Å². The summed E-state index contributed by atoms with van der Waals surface area (Å²) in [4.78, 5) is 11.9. The predicted molar refractivity (Wildman–Crippen MR) is 99.6 cm³/mol. The van der Waals surface area contributed by atoms with E-state index in [1.807, 2.05) is 11.4 Å². The highest BCUT2D eigenvalue weighted by atomic mass is 16.5. The molecule has 6 heteroatoms. The molecule has 1 fully saturated rings. The third kappa shape index (κ3) is 2.40. The van der Waals surface area contributed by atoms with Crippen LogP contribution in [0.15, 0.2) is 24.5 Å². The summed E-state index contributed by atoms with van der Waals surface area (Å²) in [5.74, 6) is 2.25. The van der Waals surface area contributed by atoms with Gasteiger partial charge in [-0.25, -0.2) is 14.5 Å². The van der Waals surface area contributed by atoms with Crippen molar-refractivity contribution in [1.82, 2.24) is 19.6 Å². The Morgan fingerprint density at radius 2 is 2.15 bits per heavy atom. The second kappa shape index (κ2) is 6.06. The lowest BCUT2D eigenvalue weighted by Crippen LogP contribution is -2.32. The number of fused-ring (bicyclic) bond motifs is 2. The number of anilines is 1. The van der Waals surface area contributed by atoms with E-state index < -0.39 is 0 Å². The first-order valence-corrected chi connectivity index (χ1v) is 9.32. The van der Waals surface area contributed by atoms with E-state index in [0.717, 1.165) is 62.0 Å². The number of hydrogen-bond donors (Lipinski definition) is 0. The van der Waals surface area contributed by atoms with Crippen LogP contribution in [0.2, 0.25) is 0 Å². The highest BCUT2D eigenvalue weighted by Crippen LogP contribution is 2.34. The van der Waals surface area contributed by atoms with Gasteiger partial charge in [-0.15, -0.1) is 0 Å². The van der Waals surface area contributed by atoms with Crippen LogP contribution in [0, 0.1) is 13.8 Å². The second-order valence-corrected chi connectivity index (χ2v) is 7.33. The van der Waals surface area contributed by atoms with E-state index in [1.54, 1.807) is 6.33 Å². The molecule has 6 nitrogen and oxygen atoms in total. The van der Waals surface area contributed by atoms with Gasteiger partial charge in [-0.3, -0.25) is 0 Å². The van der Waals surface area contributed by atoms with Crippen molar-refractivity contribution in [1.29, 1.82) is 0 Å². The topological polar surface area (TPSA) is 55.6 Å². The minimum absolute atomic E-state index is 0.335. The summed E-state index contributed by atoms with van der Waals surface area (Å²) in [5, 5.41) is 4.47. The lowest BCUT2D eigenvalue weighted by molar-refractivity contribution is 0.193. The molecule has 0 spiro atoms. The van der Waals surface area contributed by atoms with E-state index in [-0.39, 0.29) is 0 Å². The molecule has 26 heavy (non-hydrogen) atoms. The van der Waals surface area contributed by atoms with Gasteiger partial charge in [0.25, 0.3) is 0 Å². The monoisotopic (exact) mass is 349 g/mol. The van der Waals surface area contributed by atoms with E-state index >= 15 is 0 Å². The molecule has 2 aromatic heterocycles. The molecule has 0 N–H and O–H groups in total. The van der Waals surface area contributed by atoms with Crippen LogP contribution in [0.3, 0.4) is 0 Å². The molecule has 1 saturated heterocycles. The maximum atomic E-state index is 5.61. The van der Waals surface area contributed by atoms with Crippen LogP contribution in [0.4, 0.5) is 5.82 Å². The SMILES string of the molecule is Cc1cccc2c1CN(c1ncnn3c(C)nc(C4CCOC4)c13)CC2. The van der Waals surface area contributed by atoms with Gasteiger partial charge >= 0.3 is 0 Å². The predicted octanol–water partition coefficient (Wildman–Crippen LogP) is 2.81. The minimum Gasteiger partial charge on any atom is -0.381 e. The largest absolute Gasteiger partial charge is 0.381 e. The first kappa shape index (κ1) is 15.8. The van der Waals surface area contributed by atoms with Crippen LogP contribution in [-0.2, 0) is 17.7 Å². The summed E-state index contributed by atoms with van der Waals surface area (Å²) >= 11 is 0. The summed E-state index contributed by atoms with van der Waals surface area (Å²) in [6.45, 7) is 7.61. The molecule has 5 rings (SSSR count). The Morgan fingerprint density at radius 3 is 3.00 bits per heavy atom. The van der Waals surface area contributed by atoms with E-state index in [2.05, 4.69) is 35.1 Å². The van der Waals surface area contributed by atoms with Gasteiger partial charge in [-0.2, -0.15) is 5.10 Å². The van der Waals surface area contributed by atoms with E-state index in [1.165, 1.54) is 16.7 Å². The van der Waals surface area contributed by atoms with Gasteiger partial charge in [0.2, 0.25) is 0 Å². The van der Waals surface area contributed by atoms with Crippen LogP contribution < -0.4 is 4.90 Å². The maximum Gasteiger partial charge on any atom is 0.158 e. The fourth-order valence-electron chi connectivity index (χ4n) is 4.28. The molecular formula is C20H23N5O. The van der Waals surface area contributed by atoms with Crippen molar-refractivity contribution in [3.63, 3.8) is 0 Å². The van der Waals surface area contributed by atoms with Gasteiger partial charge in [0.15, 0.2) is 5.82 Å². The molecule has 4 heterocycles. The maximum absolute atomic E-state index is 5.61. The van der Waals surface area contributed by atoms with Gasteiger partial charge in [-0.1, -0.05) is 18.2 Å². The molecule has 0 bridgehead atoms. The van der Waals surface area contributed by atoms with Gasteiger partial charge in [0, 0.05) is 25.6 Å². The molecule has 2 aliphatic heterocycles. The highest BCUT2D eigenvalue weighted by Gasteiger charge is 2.28. The first-order chi connectivity index (χ1) is 12.7. The Balaban J connectivity index is 1.62. The molecule has 0 saturated carbocycles. The Kier molecular flexibility index (Phi) is 3.67. The Labute approximate surface area is 152 Å². The van der Waals surface area contributed by atoms with E-state index in [9.17, 15) is 0 Å². The molecule has 0 aliphatic carbocycles. The number of aryl methyl sites for hydroxylation is 2. The van der Waals surface area contributed by atoms with Crippen molar-refractivity contribution in [2.75, 3.05) is 24.7 Å². The molecule has 0 amide bonds. The molecular weight excluding hydrogens is 326 g/mol. The van der Waals surface area contributed by atoms with Crippen molar-refractivity contribution in [2.45, 2.75) is 39.2 Å². The van der Waals surface area contributed by atoms with Crippen molar-refractivity contribution in [3.8, 4) is 0 Å². The van der Waals surface area contributed by atoms with Gasteiger partial charge in [-0.05, 0) is 43.4 Å². The highest BCUT2D eigenvalue weighted by molar-refractivity contribution is 5.73. The summed E-state index contributed by atoms with van der Waals surface area (Å²) < 4.78 is 7.56. The summed E-state index contributed by atoms with van der Waals surface area (Å²) in [7, 11) is 0. The fourth-order valence-corrected chi connectivity index (χ4v) is 4.28. The smallest absolute Gasteiger partial charge is 0.158 e. The normalized spacial score (nSPS) is 19.9. The number of benzene rings is 1. The average molecular weight is 349 g/mol. The Hall–Kier alpha value is -2.47. The van der Waals surface area contributed by atoms with Crippen molar-refractivity contribution < 1.29 is 4.74 Å².